The largest absolute Gasteiger partial charge is 0.444 e. The van der Waals surface area contributed by atoms with Crippen LogP contribution in [0.3, 0.4) is 0 Å². The average Bonchev–Trinajstić information content (AvgIpc) is 2.85. The highest BCUT2D eigenvalue weighted by Crippen LogP contribution is 2.26. The first-order valence-corrected chi connectivity index (χ1v) is 8.10. The quantitative estimate of drug-likeness (QED) is 0.873. The Hall–Kier alpha value is -1.93. The normalized spacial score (nSPS) is 20.7. The summed E-state index contributed by atoms with van der Waals surface area (Å²) in [5.41, 5.74) is 0.837. The Morgan fingerprint density at radius 2 is 2.04 bits per heavy atom. The molecular formula is C17H22ClN3O2. The summed E-state index contributed by atoms with van der Waals surface area (Å²) < 4.78 is 5.28. The Morgan fingerprint density at radius 3 is 2.70 bits per heavy atom. The summed E-state index contributed by atoms with van der Waals surface area (Å²) in [6, 6.07) is 7.75. The summed E-state index contributed by atoms with van der Waals surface area (Å²) in [5, 5.41) is 15.8. The van der Waals surface area contributed by atoms with Crippen LogP contribution in [0.25, 0.3) is 0 Å². The van der Waals surface area contributed by atoms with E-state index >= 15 is 0 Å². The minimum absolute atomic E-state index is 0.102. The maximum atomic E-state index is 11.8. The van der Waals surface area contributed by atoms with Gasteiger partial charge >= 0.3 is 6.09 Å². The number of nitrogens with zero attached hydrogens (tertiary/aromatic N) is 1. The van der Waals surface area contributed by atoms with Gasteiger partial charge in [-0.3, -0.25) is 0 Å². The molecule has 124 valence electrons. The number of anilines is 1. The molecule has 23 heavy (non-hydrogen) atoms. The van der Waals surface area contributed by atoms with Gasteiger partial charge in [-0.05, 0) is 58.2 Å². The van der Waals surface area contributed by atoms with Gasteiger partial charge in [-0.1, -0.05) is 11.6 Å². The molecule has 0 heterocycles. The monoisotopic (exact) mass is 335 g/mol. The zero-order valence-electron chi connectivity index (χ0n) is 13.6. The standard InChI is InChI=1S/C17H22ClN3O2/c1-17(2,3)23-16(22)21-14-5-4-13(9-14)20-12-6-7-15(18)11(8-12)10-19/h6-8,13-14,20H,4-5,9H2,1-3H3,(H,21,22). The van der Waals surface area contributed by atoms with Crippen molar-refractivity contribution in [1.29, 1.82) is 5.26 Å². The number of amides is 1. The van der Waals surface area contributed by atoms with Crippen LogP contribution in [0.2, 0.25) is 5.02 Å². The fourth-order valence-electron chi connectivity index (χ4n) is 2.65. The highest BCUT2D eigenvalue weighted by molar-refractivity contribution is 6.31. The van der Waals surface area contributed by atoms with Crippen LogP contribution in [-0.2, 0) is 4.74 Å². The molecule has 1 saturated carbocycles. The third kappa shape index (κ3) is 5.33. The molecule has 1 amide bonds. The number of rotatable bonds is 3. The zero-order valence-corrected chi connectivity index (χ0v) is 14.4. The number of benzene rings is 1. The van der Waals surface area contributed by atoms with Gasteiger partial charge in [-0.2, -0.15) is 5.26 Å². The Kier molecular flexibility index (Phi) is 5.38. The van der Waals surface area contributed by atoms with Crippen LogP contribution >= 0.6 is 11.6 Å². The minimum atomic E-state index is -0.489. The lowest BCUT2D eigenvalue weighted by Gasteiger charge is -2.22. The molecule has 1 aromatic rings. The van der Waals surface area contributed by atoms with E-state index in [1.54, 1.807) is 12.1 Å². The molecule has 0 spiro atoms. The summed E-state index contributed by atoms with van der Waals surface area (Å²) in [5.74, 6) is 0. The first kappa shape index (κ1) is 17.4. The van der Waals surface area contributed by atoms with E-state index in [0.717, 1.165) is 24.9 Å². The van der Waals surface area contributed by atoms with Crippen molar-refractivity contribution in [1.82, 2.24) is 5.32 Å². The second-order valence-corrected chi connectivity index (χ2v) is 7.21. The molecule has 6 heteroatoms. The smallest absolute Gasteiger partial charge is 0.407 e. The number of carbonyl (C=O) groups is 1. The molecule has 0 radical (unpaired) electrons. The molecule has 0 bridgehead atoms. The van der Waals surface area contributed by atoms with Gasteiger partial charge in [0.15, 0.2) is 0 Å². The van der Waals surface area contributed by atoms with E-state index in [9.17, 15) is 4.79 Å². The lowest BCUT2D eigenvalue weighted by Crippen LogP contribution is -2.38. The van der Waals surface area contributed by atoms with E-state index < -0.39 is 5.60 Å². The van der Waals surface area contributed by atoms with Gasteiger partial charge in [0, 0.05) is 17.8 Å². The third-order valence-corrected chi connectivity index (χ3v) is 3.94. The van der Waals surface area contributed by atoms with Gasteiger partial charge in [-0.15, -0.1) is 0 Å². The van der Waals surface area contributed by atoms with E-state index in [4.69, 9.17) is 21.6 Å². The van der Waals surface area contributed by atoms with E-state index in [2.05, 4.69) is 16.7 Å². The molecule has 2 atom stereocenters. The van der Waals surface area contributed by atoms with Crippen molar-refractivity contribution in [3.63, 3.8) is 0 Å². The number of hydrogen-bond donors (Lipinski definition) is 2. The SMILES string of the molecule is CC(C)(C)OC(=O)NC1CCC(Nc2ccc(Cl)c(C#N)c2)C1. The summed E-state index contributed by atoms with van der Waals surface area (Å²) in [7, 11) is 0. The maximum Gasteiger partial charge on any atom is 0.407 e. The molecule has 0 aromatic heterocycles. The fourth-order valence-corrected chi connectivity index (χ4v) is 2.81. The Bertz CT molecular complexity index is 619. The number of carbonyl (C=O) groups excluding carboxylic acids is 1. The molecule has 2 rings (SSSR count). The summed E-state index contributed by atoms with van der Waals surface area (Å²) >= 11 is 5.93. The molecule has 0 aliphatic heterocycles. The lowest BCUT2D eigenvalue weighted by molar-refractivity contribution is 0.0505. The predicted octanol–water partition coefficient (Wildman–Crippen LogP) is 4.07. The molecule has 2 unspecified atom stereocenters. The Labute approximate surface area is 142 Å². The highest BCUT2D eigenvalue weighted by atomic mass is 35.5. The zero-order chi connectivity index (χ0) is 17.0. The summed E-state index contributed by atoms with van der Waals surface area (Å²) in [6.45, 7) is 5.54. The molecular weight excluding hydrogens is 314 g/mol. The Morgan fingerprint density at radius 1 is 1.35 bits per heavy atom. The molecule has 1 aliphatic carbocycles. The molecule has 0 saturated heterocycles. The number of halogens is 1. The van der Waals surface area contributed by atoms with Gasteiger partial charge in [0.2, 0.25) is 0 Å². The number of nitriles is 1. The molecule has 1 aromatic carbocycles. The summed E-state index contributed by atoms with van der Waals surface area (Å²) in [4.78, 5) is 11.8. The number of nitrogens with one attached hydrogen (secondary N) is 2. The van der Waals surface area contributed by atoms with Gasteiger partial charge in [0.25, 0.3) is 0 Å². The van der Waals surface area contributed by atoms with Crippen molar-refractivity contribution in [2.24, 2.45) is 0 Å². The van der Waals surface area contributed by atoms with Crippen LogP contribution in [0.15, 0.2) is 18.2 Å². The average molecular weight is 336 g/mol. The van der Waals surface area contributed by atoms with Gasteiger partial charge in [0.05, 0.1) is 10.6 Å². The summed E-state index contributed by atoms with van der Waals surface area (Å²) in [6.07, 6.45) is 2.30. The van der Waals surface area contributed by atoms with Crippen LogP contribution in [0, 0.1) is 11.3 Å². The van der Waals surface area contributed by atoms with Crippen molar-refractivity contribution in [2.45, 2.75) is 57.7 Å². The molecule has 1 aliphatic rings. The van der Waals surface area contributed by atoms with Gasteiger partial charge in [-0.25, -0.2) is 4.79 Å². The Balaban J connectivity index is 1.86. The van der Waals surface area contributed by atoms with E-state index in [1.165, 1.54) is 0 Å². The van der Waals surface area contributed by atoms with Gasteiger partial charge < -0.3 is 15.4 Å². The van der Waals surface area contributed by atoms with Gasteiger partial charge in [0.1, 0.15) is 11.7 Å². The maximum absolute atomic E-state index is 11.8. The highest BCUT2D eigenvalue weighted by Gasteiger charge is 2.27. The molecule has 5 nitrogen and oxygen atoms in total. The molecule has 2 N–H and O–H groups in total. The van der Waals surface area contributed by atoms with Crippen molar-refractivity contribution in [3.8, 4) is 6.07 Å². The van der Waals surface area contributed by atoms with Crippen LogP contribution in [0.4, 0.5) is 10.5 Å². The minimum Gasteiger partial charge on any atom is -0.444 e. The van der Waals surface area contributed by atoms with E-state index in [-0.39, 0.29) is 18.2 Å². The van der Waals surface area contributed by atoms with Crippen LogP contribution in [-0.4, -0.2) is 23.8 Å². The van der Waals surface area contributed by atoms with E-state index in [0.29, 0.717) is 10.6 Å². The van der Waals surface area contributed by atoms with Crippen molar-refractivity contribution < 1.29 is 9.53 Å². The van der Waals surface area contributed by atoms with Crippen LogP contribution in [0.5, 0.6) is 0 Å². The van der Waals surface area contributed by atoms with Crippen LogP contribution in [0.1, 0.15) is 45.6 Å². The number of alkyl carbamates (subject to hydrolysis) is 1. The first-order chi connectivity index (χ1) is 10.8. The number of hydrogen-bond acceptors (Lipinski definition) is 4. The third-order valence-electron chi connectivity index (χ3n) is 3.61. The van der Waals surface area contributed by atoms with Crippen LogP contribution < -0.4 is 10.6 Å². The number of ether oxygens (including phenoxy) is 1. The topological polar surface area (TPSA) is 74.2 Å². The van der Waals surface area contributed by atoms with Crippen molar-refractivity contribution in [2.75, 3.05) is 5.32 Å². The first-order valence-electron chi connectivity index (χ1n) is 7.72. The lowest BCUT2D eigenvalue weighted by atomic mass is 10.2. The second-order valence-electron chi connectivity index (χ2n) is 6.80. The second kappa shape index (κ2) is 7.10. The molecule has 1 fully saturated rings. The van der Waals surface area contributed by atoms with E-state index in [1.807, 2.05) is 26.8 Å². The fraction of sp³-hybridized carbons (Fsp3) is 0.529. The van der Waals surface area contributed by atoms with Crippen molar-refractivity contribution in [3.05, 3.63) is 28.8 Å². The van der Waals surface area contributed by atoms with Crippen molar-refractivity contribution >= 4 is 23.4 Å². The predicted molar refractivity (Wildman–Crippen MR) is 90.6 cm³/mol.